The van der Waals surface area contributed by atoms with Gasteiger partial charge in [0.2, 0.25) is 5.91 Å². The number of benzene rings is 1. The fraction of sp³-hybridized carbons (Fsp3) is 0.385. The van der Waals surface area contributed by atoms with Crippen LogP contribution in [0.25, 0.3) is 0 Å². The van der Waals surface area contributed by atoms with Crippen LogP contribution in [0.2, 0.25) is 0 Å². The molecular formula is C13H20N4O3. The largest absolute Gasteiger partial charge is 0.399 e. The quantitative estimate of drug-likeness (QED) is 0.476. The maximum absolute atomic E-state index is 12.0. The maximum atomic E-state index is 12.0. The fourth-order valence-electron chi connectivity index (χ4n) is 1.57. The minimum absolute atomic E-state index is 0.120. The number of carbonyl (C=O) groups is 2. The van der Waals surface area contributed by atoms with Crippen LogP contribution in [0.15, 0.2) is 18.2 Å². The summed E-state index contributed by atoms with van der Waals surface area (Å²) < 4.78 is 5.03. The molecule has 0 aliphatic rings. The molecule has 0 radical (unpaired) electrons. The lowest BCUT2D eigenvalue weighted by Crippen LogP contribution is -2.24. The molecule has 7 nitrogen and oxygen atoms in total. The SMILES string of the molecule is CN(C)C(=O)c1ccc(N)cc1NCCOCC(N)=O. The van der Waals surface area contributed by atoms with E-state index >= 15 is 0 Å². The van der Waals surface area contributed by atoms with Gasteiger partial charge in [-0.25, -0.2) is 0 Å². The van der Waals surface area contributed by atoms with Crippen molar-refractivity contribution in [2.45, 2.75) is 0 Å². The van der Waals surface area contributed by atoms with Gasteiger partial charge in [0, 0.05) is 32.0 Å². The topological polar surface area (TPSA) is 111 Å². The summed E-state index contributed by atoms with van der Waals surface area (Å²) in [6.07, 6.45) is 0. The van der Waals surface area contributed by atoms with Gasteiger partial charge in [-0.05, 0) is 18.2 Å². The Hall–Kier alpha value is -2.28. The van der Waals surface area contributed by atoms with E-state index in [1.807, 2.05) is 0 Å². The molecule has 0 fully saturated rings. The van der Waals surface area contributed by atoms with Crippen molar-refractivity contribution >= 4 is 23.2 Å². The lowest BCUT2D eigenvalue weighted by Gasteiger charge is -2.16. The summed E-state index contributed by atoms with van der Waals surface area (Å²) in [6, 6.07) is 5.03. The van der Waals surface area contributed by atoms with Gasteiger partial charge in [-0.15, -0.1) is 0 Å². The second-order valence-corrected chi connectivity index (χ2v) is 4.45. The molecule has 110 valence electrons. The van der Waals surface area contributed by atoms with Crippen molar-refractivity contribution in [3.05, 3.63) is 23.8 Å². The van der Waals surface area contributed by atoms with E-state index < -0.39 is 5.91 Å². The summed E-state index contributed by atoms with van der Waals surface area (Å²) in [5.74, 6) is -0.636. The maximum Gasteiger partial charge on any atom is 0.255 e. The Bertz CT molecular complexity index is 489. The summed E-state index contributed by atoms with van der Waals surface area (Å²) in [7, 11) is 3.36. The standard InChI is InChI=1S/C13H20N4O3/c1-17(2)13(19)10-4-3-9(14)7-11(10)16-5-6-20-8-12(15)18/h3-4,7,16H,5-6,8,14H2,1-2H3,(H2,15,18). The van der Waals surface area contributed by atoms with Crippen molar-refractivity contribution in [2.24, 2.45) is 5.73 Å². The molecular weight excluding hydrogens is 260 g/mol. The lowest BCUT2D eigenvalue weighted by atomic mass is 10.1. The molecule has 1 aromatic rings. The Balaban J connectivity index is 2.65. The Labute approximate surface area is 117 Å². The number of nitrogen functional groups attached to an aromatic ring is 1. The van der Waals surface area contributed by atoms with Crippen LogP contribution in [0.3, 0.4) is 0 Å². The van der Waals surface area contributed by atoms with Crippen LogP contribution in [0, 0.1) is 0 Å². The average Bonchev–Trinajstić information content (AvgIpc) is 2.37. The van der Waals surface area contributed by atoms with Crippen LogP contribution in [-0.4, -0.2) is 50.6 Å². The monoisotopic (exact) mass is 280 g/mol. The van der Waals surface area contributed by atoms with Gasteiger partial charge in [0.15, 0.2) is 0 Å². The number of primary amides is 1. The normalized spacial score (nSPS) is 10.1. The molecule has 0 heterocycles. The lowest BCUT2D eigenvalue weighted by molar-refractivity contribution is -0.122. The van der Waals surface area contributed by atoms with Crippen molar-refractivity contribution in [2.75, 3.05) is 44.9 Å². The van der Waals surface area contributed by atoms with Gasteiger partial charge < -0.3 is 26.4 Å². The fourth-order valence-corrected chi connectivity index (χ4v) is 1.57. The Morgan fingerprint density at radius 1 is 1.35 bits per heavy atom. The highest BCUT2D eigenvalue weighted by Gasteiger charge is 2.13. The van der Waals surface area contributed by atoms with Crippen LogP contribution < -0.4 is 16.8 Å². The molecule has 7 heteroatoms. The number of nitrogens with two attached hydrogens (primary N) is 2. The van der Waals surface area contributed by atoms with Crippen LogP contribution >= 0.6 is 0 Å². The highest BCUT2D eigenvalue weighted by atomic mass is 16.5. The molecule has 0 unspecified atom stereocenters. The number of anilines is 2. The summed E-state index contributed by atoms with van der Waals surface area (Å²) in [6.45, 7) is 0.611. The molecule has 0 aliphatic heterocycles. The predicted molar refractivity (Wildman–Crippen MR) is 77.4 cm³/mol. The van der Waals surface area contributed by atoms with Crippen LogP contribution in [-0.2, 0) is 9.53 Å². The van der Waals surface area contributed by atoms with E-state index in [0.29, 0.717) is 30.1 Å². The first-order valence-corrected chi connectivity index (χ1v) is 6.13. The van der Waals surface area contributed by atoms with Gasteiger partial charge in [-0.3, -0.25) is 9.59 Å². The van der Waals surface area contributed by atoms with E-state index in [9.17, 15) is 9.59 Å². The number of ether oxygens (including phenoxy) is 1. The number of nitrogens with zero attached hydrogens (tertiary/aromatic N) is 1. The van der Waals surface area contributed by atoms with E-state index in [0.717, 1.165) is 0 Å². The minimum Gasteiger partial charge on any atom is -0.399 e. The van der Waals surface area contributed by atoms with Gasteiger partial charge in [0.25, 0.3) is 5.91 Å². The van der Waals surface area contributed by atoms with Crippen LogP contribution in [0.4, 0.5) is 11.4 Å². The first-order valence-electron chi connectivity index (χ1n) is 6.13. The Morgan fingerprint density at radius 3 is 2.65 bits per heavy atom. The molecule has 20 heavy (non-hydrogen) atoms. The zero-order valence-electron chi connectivity index (χ0n) is 11.7. The zero-order chi connectivity index (χ0) is 15.1. The van der Waals surface area contributed by atoms with Gasteiger partial charge in [-0.1, -0.05) is 0 Å². The van der Waals surface area contributed by atoms with E-state index in [2.05, 4.69) is 5.32 Å². The Morgan fingerprint density at radius 2 is 2.05 bits per heavy atom. The number of hydrogen-bond donors (Lipinski definition) is 3. The summed E-state index contributed by atoms with van der Waals surface area (Å²) in [5, 5.41) is 3.06. The Kier molecular flexibility index (Phi) is 5.79. The van der Waals surface area contributed by atoms with E-state index in [4.69, 9.17) is 16.2 Å². The first kappa shape index (κ1) is 15.8. The number of amides is 2. The first-order chi connectivity index (χ1) is 9.41. The van der Waals surface area contributed by atoms with Crippen molar-refractivity contribution < 1.29 is 14.3 Å². The summed E-state index contributed by atoms with van der Waals surface area (Å²) in [4.78, 5) is 24.0. The smallest absolute Gasteiger partial charge is 0.255 e. The third-order valence-electron chi connectivity index (χ3n) is 2.49. The molecule has 1 aromatic carbocycles. The molecule has 0 spiro atoms. The molecule has 0 bridgehead atoms. The minimum atomic E-state index is -0.516. The van der Waals surface area contributed by atoms with Crippen molar-refractivity contribution in [1.82, 2.24) is 4.90 Å². The predicted octanol–water partition coefficient (Wildman–Crippen LogP) is -0.116. The molecule has 1 rings (SSSR count). The number of nitrogens with one attached hydrogen (secondary N) is 1. The van der Waals surface area contributed by atoms with Gasteiger partial charge >= 0.3 is 0 Å². The molecule has 0 saturated heterocycles. The molecule has 2 amide bonds. The summed E-state index contributed by atoms with van der Waals surface area (Å²) >= 11 is 0. The second kappa shape index (κ2) is 7.34. The van der Waals surface area contributed by atoms with E-state index in [-0.39, 0.29) is 12.5 Å². The van der Waals surface area contributed by atoms with Gasteiger partial charge in [0.05, 0.1) is 12.2 Å². The molecule has 5 N–H and O–H groups in total. The van der Waals surface area contributed by atoms with Crippen molar-refractivity contribution in [1.29, 1.82) is 0 Å². The molecule has 0 saturated carbocycles. The van der Waals surface area contributed by atoms with Crippen molar-refractivity contribution in [3.63, 3.8) is 0 Å². The number of carbonyl (C=O) groups excluding carboxylic acids is 2. The second-order valence-electron chi connectivity index (χ2n) is 4.45. The third kappa shape index (κ3) is 4.77. The molecule has 0 aliphatic carbocycles. The number of hydrogen-bond acceptors (Lipinski definition) is 5. The highest BCUT2D eigenvalue weighted by Crippen LogP contribution is 2.20. The molecule has 0 atom stereocenters. The number of rotatable bonds is 7. The van der Waals surface area contributed by atoms with Crippen LogP contribution in [0.5, 0.6) is 0 Å². The van der Waals surface area contributed by atoms with Gasteiger partial charge in [0.1, 0.15) is 6.61 Å². The van der Waals surface area contributed by atoms with Gasteiger partial charge in [-0.2, -0.15) is 0 Å². The highest BCUT2D eigenvalue weighted by molar-refractivity contribution is 6.00. The van der Waals surface area contributed by atoms with E-state index in [1.54, 1.807) is 32.3 Å². The van der Waals surface area contributed by atoms with E-state index in [1.165, 1.54) is 4.90 Å². The third-order valence-corrected chi connectivity index (χ3v) is 2.49. The molecule has 0 aromatic heterocycles. The van der Waals surface area contributed by atoms with Crippen molar-refractivity contribution in [3.8, 4) is 0 Å². The average molecular weight is 280 g/mol. The summed E-state index contributed by atoms with van der Waals surface area (Å²) in [5.41, 5.74) is 12.4. The zero-order valence-corrected chi connectivity index (χ0v) is 11.7. The van der Waals surface area contributed by atoms with Crippen LogP contribution in [0.1, 0.15) is 10.4 Å².